The first-order valence-corrected chi connectivity index (χ1v) is 8.03. The molecule has 0 aliphatic rings. The molecular formula is C22H15NO4. The van der Waals surface area contributed by atoms with E-state index in [0.717, 1.165) is 22.6 Å². The third-order valence-electron chi connectivity index (χ3n) is 4.04. The second-order valence-corrected chi connectivity index (χ2v) is 5.73. The van der Waals surface area contributed by atoms with E-state index < -0.39 is 11.9 Å². The zero-order chi connectivity index (χ0) is 19.4. The van der Waals surface area contributed by atoms with Crippen LogP contribution in [0.4, 0.5) is 17.1 Å². The summed E-state index contributed by atoms with van der Waals surface area (Å²) >= 11 is 0. The summed E-state index contributed by atoms with van der Waals surface area (Å²) < 4.78 is 0. The Balaban J connectivity index is 2.08. The van der Waals surface area contributed by atoms with Crippen LogP contribution < -0.4 is 4.90 Å². The number of carbonyl (C=O) groups is 2. The summed E-state index contributed by atoms with van der Waals surface area (Å²) in [6.07, 6.45) is 5.41. The summed E-state index contributed by atoms with van der Waals surface area (Å²) in [4.78, 5) is 24.1. The average molecular weight is 357 g/mol. The van der Waals surface area contributed by atoms with Crippen LogP contribution in [0, 0.1) is 12.3 Å². The lowest BCUT2D eigenvalue weighted by atomic mass is 10.1. The Hall–Kier alpha value is -4.04. The fraction of sp³-hybridized carbons (Fsp3) is 0. The van der Waals surface area contributed by atoms with E-state index in [0.29, 0.717) is 0 Å². The number of anilines is 3. The second kappa shape index (κ2) is 7.46. The summed E-state index contributed by atoms with van der Waals surface area (Å²) in [7, 11) is 0. The van der Waals surface area contributed by atoms with Gasteiger partial charge in [-0.25, -0.2) is 9.59 Å². The minimum Gasteiger partial charge on any atom is -0.478 e. The van der Waals surface area contributed by atoms with Gasteiger partial charge in [-0.05, 0) is 72.8 Å². The number of benzene rings is 3. The lowest BCUT2D eigenvalue weighted by molar-refractivity contribution is 0.0686. The van der Waals surface area contributed by atoms with E-state index in [2.05, 4.69) is 5.92 Å². The molecule has 132 valence electrons. The first-order valence-electron chi connectivity index (χ1n) is 8.03. The van der Waals surface area contributed by atoms with Crippen molar-refractivity contribution in [3.63, 3.8) is 0 Å². The SMILES string of the molecule is C#Cc1ccc(N(c2ccc(C(=O)O)cc2)c2ccc(C(=O)O)cc2)cc1. The van der Waals surface area contributed by atoms with Crippen molar-refractivity contribution in [3.05, 3.63) is 89.5 Å². The molecule has 2 N–H and O–H groups in total. The summed E-state index contributed by atoms with van der Waals surface area (Å²) in [5.41, 5.74) is 3.37. The molecule has 0 aromatic heterocycles. The van der Waals surface area contributed by atoms with Gasteiger partial charge in [0.2, 0.25) is 0 Å². The number of rotatable bonds is 5. The zero-order valence-corrected chi connectivity index (χ0v) is 14.2. The standard InChI is InChI=1S/C22H15NO4/c1-2-15-3-9-18(10-4-15)23(19-11-5-16(6-12-19)21(24)25)20-13-7-17(8-14-20)22(26)27/h1,3-14H,(H,24,25)(H,26,27). The lowest BCUT2D eigenvalue weighted by Gasteiger charge is -2.25. The highest BCUT2D eigenvalue weighted by molar-refractivity contribution is 5.90. The number of nitrogens with zero attached hydrogens (tertiary/aromatic N) is 1. The number of hydrogen-bond donors (Lipinski definition) is 2. The molecule has 0 saturated heterocycles. The molecule has 0 saturated carbocycles. The maximum absolute atomic E-state index is 11.1. The van der Waals surface area contributed by atoms with Gasteiger partial charge in [-0.1, -0.05) is 5.92 Å². The van der Waals surface area contributed by atoms with Gasteiger partial charge in [-0.3, -0.25) is 0 Å². The highest BCUT2D eigenvalue weighted by Gasteiger charge is 2.14. The van der Waals surface area contributed by atoms with Gasteiger partial charge in [0.1, 0.15) is 0 Å². The molecule has 0 radical (unpaired) electrons. The monoisotopic (exact) mass is 357 g/mol. The molecule has 3 aromatic carbocycles. The van der Waals surface area contributed by atoms with Crippen molar-refractivity contribution in [2.75, 3.05) is 4.90 Å². The topological polar surface area (TPSA) is 77.8 Å². The Morgan fingerprint density at radius 3 is 1.30 bits per heavy atom. The summed E-state index contributed by atoms with van der Waals surface area (Å²) in [5.74, 6) is 0.558. The molecule has 0 bridgehead atoms. The quantitative estimate of drug-likeness (QED) is 0.656. The van der Waals surface area contributed by atoms with Crippen LogP contribution in [0.3, 0.4) is 0 Å². The molecule has 0 heterocycles. The molecular weight excluding hydrogens is 342 g/mol. The van der Waals surface area contributed by atoms with Crippen LogP contribution in [0.15, 0.2) is 72.8 Å². The van der Waals surface area contributed by atoms with E-state index in [9.17, 15) is 9.59 Å². The molecule has 5 heteroatoms. The van der Waals surface area contributed by atoms with Crippen molar-refractivity contribution >= 4 is 29.0 Å². The van der Waals surface area contributed by atoms with Crippen LogP contribution in [-0.2, 0) is 0 Å². The molecule has 0 atom stereocenters. The zero-order valence-electron chi connectivity index (χ0n) is 14.2. The van der Waals surface area contributed by atoms with E-state index in [-0.39, 0.29) is 11.1 Å². The number of aromatic carboxylic acids is 2. The predicted octanol–water partition coefficient (Wildman–Crippen LogP) is 4.53. The van der Waals surface area contributed by atoms with E-state index in [4.69, 9.17) is 16.6 Å². The molecule has 3 aromatic rings. The molecule has 0 fully saturated rings. The lowest BCUT2D eigenvalue weighted by Crippen LogP contribution is -2.10. The minimum atomic E-state index is -1.00. The summed E-state index contributed by atoms with van der Waals surface area (Å²) in [5, 5.41) is 18.2. The Kier molecular flexibility index (Phi) is 4.91. The molecule has 0 aliphatic heterocycles. The van der Waals surface area contributed by atoms with E-state index in [1.54, 1.807) is 36.4 Å². The molecule has 27 heavy (non-hydrogen) atoms. The number of hydrogen-bond acceptors (Lipinski definition) is 3. The van der Waals surface area contributed by atoms with Crippen LogP contribution in [0.5, 0.6) is 0 Å². The third-order valence-corrected chi connectivity index (χ3v) is 4.04. The number of carboxylic acid groups (broad SMARTS) is 2. The van der Waals surface area contributed by atoms with Gasteiger partial charge >= 0.3 is 11.9 Å². The van der Waals surface area contributed by atoms with Crippen LogP contribution in [0.1, 0.15) is 26.3 Å². The molecule has 0 aliphatic carbocycles. The van der Waals surface area contributed by atoms with Crippen molar-refractivity contribution < 1.29 is 19.8 Å². The highest BCUT2D eigenvalue weighted by atomic mass is 16.4. The normalized spacial score (nSPS) is 10.0. The Morgan fingerprint density at radius 1 is 0.667 bits per heavy atom. The summed E-state index contributed by atoms with van der Waals surface area (Å²) in [6, 6.07) is 20.2. The van der Waals surface area contributed by atoms with Crippen molar-refractivity contribution in [1.82, 2.24) is 0 Å². The third kappa shape index (κ3) is 3.80. The van der Waals surface area contributed by atoms with E-state index >= 15 is 0 Å². The van der Waals surface area contributed by atoms with Crippen molar-refractivity contribution in [3.8, 4) is 12.3 Å². The number of terminal acetylenes is 1. The molecule has 0 amide bonds. The molecule has 0 spiro atoms. The fourth-order valence-electron chi connectivity index (χ4n) is 2.66. The second-order valence-electron chi connectivity index (χ2n) is 5.73. The summed E-state index contributed by atoms with van der Waals surface area (Å²) in [6.45, 7) is 0. The van der Waals surface area contributed by atoms with Crippen LogP contribution >= 0.6 is 0 Å². The maximum Gasteiger partial charge on any atom is 0.335 e. The van der Waals surface area contributed by atoms with E-state index in [1.807, 2.05) is 17.0 Å². The fourth-order valence-corrected chi connectivity index (χ4v) is 2.66. The van der Waals surface area contributed by atoms with E-state index in [1.165, 1.54) is 24.3 Å². The Morgan fingerprint density at radius 2 is 1.00 bits per heavy atom. The van der Waals surface area contributed by atoms with Crippen molar-refractivity contribution in [2.45, 2.75) is 0 Å². The largest absolute Gasteiger partial charge is 0.478 e. The van der Waals surface area contributed by atoms with Gasteiger partial charge in [0.05, 0.1) is 11.1 Å². The Labute approximate surface area is 156 Å². The van der Waals surface area contributed by atoms with Crippen LogP contribution in [0.2, 0.25) is 0 Å². The van der Waals surface area contributed by atoms with Gasteiger partial charge in [0.15, 0.2) is 0 Å². The van der Waals surface area contributed by atoms with Crippen molar-refractivity contribution in [2.24, 2.45) is 0 Å². The predicted molar refractivity (Wildman–Crippen MR) is 103 cm³/mol. The average Bonchev–Trinajstić information content (AvgIpc) is 2.69. The van der Waals surface area contributed by atoms with Gasteiger partial charge in [0.25, 0.3) is 0 Å². The number of carboxylic acids is 2. The molecule has 5 nitrogen and oxygen atoms in total. The molecule has 0 unspecified atom stereocenters. The highest BCUT2D eigenvalue weighted by Crippen LogP contribution is 2.34. The van der Waals surface area contributed by atoms with Gasteiger partial charge in [-0.2, -0.15) is 0 Å². The Bertz CT molecular complexity index is 956. The van der Waals surface area contributed by atoms with Crippen LogP contribution in [0.25, 0.3) is 0 Å². The van der Waals surface area contributed by atoms with Gasteiger partial charge in [-0.15, -0.1) is 6.42 Å². The first kappa shape index (κ1) is 17.8. The van der Waals surface area contributed by atoms with Gasteiger partial charge < -0.3 is 15.1 Å². The molecule has 3 rings (SSSR count). The smallest absolute Gasteiger partial charge is 0.335 e. The first-order chi connectivity index (χ1) is 13.0. The minimum absolute atomic E-state index is 0.183. The van der Waals surface area contributed by atoms with Crippen LogP contribution in [-0.4, -0.2) is 22.2 Å². The maximum atomic E-state index is 11.1. The van der Waals surface area contributed by atoms with Gasteiger partial charge in [0, 0.05) is 22.6 Å². The van der Waals surface area contributed by atoms with Crippen molar-refractivity contribution in [1.29, 1.82) is 0 Å².